The average molecular weight is 253 g/mol. The van der Waals surface area contributed by atoms with Crippen molar-refractivity contribution in [3.63, 3.8) is 0 Å². The number of amides is 1. The van der Waals surface area contributed by atoms with Gasteiger partial charge in [0.05, 0.1) is 12.3 Å². The molecule has 0 radical (unpaired) electrons. The van der Waals surface area contributed by atoms with E-state index in [1.54, 1.807) is 12.1 Å². The monoisotopic (exact) mass is 253 g/mol. The van der Waals surface area contributed by atoms with Gasteiger partial charge in [-0.3, -0.25) is 4.79 Å². The summed E-state index contributed by atoms with van der Waals surface area (Å²) in [5, 5.41) is 2.92. The van der Waals surface area contributed by atoms with Crippen molar-refractivity contribution in [1.82, 2.24) is 0 Å². The topological polar surface area (TPSA) is 38.3 Å². The molecule has 1 aliphatic heterocycles. The zero-order valence-electron chi connectivity index (χ0n) is 10.6. The quantitative estimate of drug-likeness (QED) is 0.892. The second-order valence-electron chi connectivity index (χ2n) is 4.57. The lowest BCUT2D eigenvalue weighted by molar-refractivity contribution is 0.102. The molecule has 0 saturated carbocycles. The molecule has 3 heteroatoms. The van der Waals surface area contributed by atoms with E-state index in [0.717, 1.165) is 29.8 Å². The molecule has 1 amide bonds. The summed E-state index contributed by atoms with van der Waals surface area (Å²) in [6.07, 6.45) is 2.04. The number of carbonyl (C=O) groups is 1. The van der Waals surface area contributed by atoms with Gasteiger partial charge in [-0.25, -0.2) is 0 Å². The number of hydrogen-bond donors (Lipinski definition) is 1. The highest BCUT2D eigenvalue weighted by molar-refractivity contribution is 6.05. The molecule has 3 rings (SSSR count). The van der Waals surface area contributed by atoms with Crippen LogP contribution in [0.15, 0.2) is 48.5 Å². The summed E-state index contributed by atoms with van der Waals surface area (Å²) in [6, 6.07) is 15.1. The second-order valence-corrected chi connectivity index (χ2v) is 4.57. The standard InChI is InChI=1S/C16H15NO2/c18-16(13-6-2-1-3-7-13)17-14-10-4-8-12-9-5-11-19-15(12)14/h1-4,6-8,10H,5,9,11H2,(H,17,18). The van der Waals surface area contributed by atoms with Gasteiger partial charge < -0.3 is 10.1 Å². The van der Waals surface area contributed by atoms with Crippen molar-refractivity contribution in [3.05, 3.63) is 59.7 Å². The van der Waals surface area contributed by atoms with Crippen molar-refractivity contribution in [2.75, 3.05) is 11.9 Å². The summed E-state index contributed by atoms with van der Waals surface area (Å²) in [6.45, 7) is 0.714. The van der Waals surface area contributed by atoms with Crippen molar-refractivity contribution in [2.24, 2.45) is 0 Å². The van der Waals surface area contributed by atoms with Crippen molar-refractivity contribution in [2.45, 2.75) is 12.8 Å². The normalized spacial score (nSPS) is 13.3. The molecule has 0 atom stereocenters. The highest BCUT2D eigenvalue weighted by Gasteiger charge is 2.16. The number of rotatable bonds is 2. The summed E-state index contributed by atoms with van der Waals surface area (Å²) in [7, 11) is 0. The second kappa shape index (κ2) is 5.14. The minimum absolute atomic E-state index is 0.108. The lowest BCUT2D eigenvalue weighted by atomic mass is 10.1. The van der Waals surface area contributed by atoms with E-state index in [4.69, 9.17) is 4.74 Å². The van der Waals surface area contributed by atoms with Crippen molar-refractivity contribution >= 4 is 11.6 Å². The Morgan fingerprint density at radius 2 is 1.89 bits per heavy atom. The molecule has 2 aromatic rings. The van der Waals surface area contributed by atoms with E-state index in [1.165, 1.54) is 0 Å². The van der Waals surface area contributed by atoms with Crippen molar-refractivity contribution in [3.8, 4) is 5.75 Å². The lowest BCUT2D eigenvalue weighted by Gasteiger charge is -2.20. The van der Waals surface area contributed by atoms with E-state index in [0.29, 0.717) is 12.2 Å². The van der Waals surface area contributed by atoms with Gasteiger partial charge in [0.25, 0.3) is 5.91 Å². The highest BCUT2D eigenvalue weighted by Crippen LogP contribution is 2.33. The van der Waals surface area contributed by atoms with Crippen LogP contribution in [0.2, 0.25) is 0 Å². The Kier molecular flexibility index (Phi) is 3.19. The molecule has 1 aliphatic rings. The predicted molar refractivity (Wildman–Crippen MR) is 74.7 cm³/mol. The minimum Gasteiger partial charge on any atom is -0.491 e. The number of ether oxygens (including phenoxy) is 1. The van der Waals surface area contributed by atoms with Gasteiger partial charge in [-0.15, -0.1) is 0 Å². The number of hydrogen-bond acceptors (Lipinski definition) is 2. The fourth-order valence-electron chi connectivity index (χ4n) is 2.27. The maximum absolute atomic E-state index is 12.1. The van der Waals surface area contributed by atoms with Crippen LogP contribution in [0.4, 0.5) is 5.69 Å². The van der Waals surface area contributed by atoms with Crippen LogP contribution in [0.25, 0.3) is 0 Å². The number of anilines is 1. The third-order valence-corrected chi connectivity index (χ3v) is 3.22. The fraction of sp³-hybridized carbons (Fsp3) is 0.188. The number of benzene rings is 2. The van der Waals surface area contributed by atoms with E-state index in [-0.39, 0.29) is 5.91 Å². The maximum Gasteiger partial charge on any atom is 0.255 e. The summed E-state index contributed by atoms with van der Waals surface area (Å²) in [5.41, 5.74) is 2.57. The molecule has 0 spiro atoms. The Labute approximate surface area is 112 Å². The first-order chi connectivity index (χ1) is 9.34. The number of aryl methyl sites for hydroxylation is 1. The number of fused-ring (bicyclic) bond motifs is 1. The van der Waals surface area contributed by atoms with Crippen LogP contribution in [0, 0.1) is 0 Å². The first-order valence-corrected chi connectivity index (χ1v) is 6.46. The van der Waals surface area contributed by atoms with Gasteiger partial charge >= 0.3 is 0 Å². The number of para-hydroxylation sites is 1. The van der Waals surface area contributed by atoms with E-state index in [9.17, 15) is 4.79 Å². The van der Waals surface area contributed by atoms with E-state index < -0.39 is 0 Å². The number of carbonyl (C=O) groups excluding carboxylic acids is 1. The van der Waals surface area contributed by atoms with Crippen LogP contribution >= 0.6 is 0 Å². The predicted octanol–water partition coefficient (Wildman–Crippen LogP) is 3.26. The summed E-state index contributed by atoms with van der Waals surface area (Å²) in [4.78, 5) is 12.1. The van der Waals surface area contributed by atoms with Gasteiger partial charge in [0.2, 0.25) is 0 Å². The molecular formula is C16H15NO2. The van der Waals surface area contributed by atoms with Crippen LogP contribution in [0.1, 0.15) is 22.3 Å². The molecule has 0 aliphatic carbocycles. The summed E-state index contributed by atoms with van der Waals surface area (Å²) >= 11 is 0. The highest BCUT2D eigenvalue weighted by atomic mass is 16.5. The van der Waals surface area contributed by atoms with E-state index >= 15 is 0 Å². The largest absolute Gasteiger partial charge is 0.491 e. The van der Waals surface area contributed by atoms with Crippen molar-refractivity contribution in [1.29, 1.82) is 0 Å². The molecule has 3 nitrogen and oxygen atoms in total. The van der Waals surface area contributed by atoms with Crippen LogP contribution in [0.5, 0.6) is 5.75 Å². The smallest absolute Gasteiger partial charge is 0.255 e. The molecule has 0 aromatic heterocycles. The van der Waals surface area contributed by atoms with Gasteiger partial charge in [-0.2, -0.15) is 0 Å². The summed E-state index contributed by atoms with van der Waals surface area (Å²) < 4.78 is 5.68. The SMILES string of the molecule is O=C(Nc1cccc2c1OCCC2)c1ccccc1. The van der Waals surface area contributed by atoms with Gasteiger partial charge in [0.1, 0.15) is 5.75 Å². The Morgan fingerprint density at radius 3 is 2.74 bits per heavy atom. The summed E-state index contributed by atoms with van der Waals surface area (Å²) in [5.74, 6) is 0.709. The Hall–Kier alpha value is -2.29. The molecule has 0 fully saturated rings. The van der Waals surface area contributed by atoms with Gasteiger partial charge in [0.15, 0.2) is 0 Å². The van der Waals surface area contributed by atoms with Crippen molar-refractivity contribution < 1.29 is 9.53 Å². The Morgan fingerprint density at radius 1 is 1.05 bits per heavy atom. The third-order valence-electron chi connectivity index (χ3n) is 3.22. The lowest BCUT2D eigenvalue weighted by Crippen LogP contribution is -2.15. The molecule has 96 valence electrons. The van der Waals surface area contributed by atoms with Crippen LogP contribution in [-0.2, 0) is 6.42 Å². The molecule has 2 aromatic carbocycles. The molecule has 19 heavy (non-hydrogen) atoms. The van der Waals surface area contributed by atoms with Crippen LogP contribution in [0.3, 0.4) is 0 Å². The molecule has 0 saturated heterocycles. The minimum atomic E-state index is -0.108. The maximum atomic E-state index is 12.1. The van der Waals surface area contributed by atoms with E-state index in [1.807, 2.05) is 36.4 Å². The van der Waals surface area contributed by atoms with Gasteiger partial charge in [-0.05, 0) is 36.6 Å². The van der Waals surface area contributed by atoms with Gasteiger partial charge in [-0.1, -0.05) is 30.3 Å². The zero-order chi connectivity index (χ0) is 13.1. The van der Waals surface area contributed by atoms with Crippen LogP contribution in [-0.4, -0.2) is 12.5 Å². The third kappa shape index (κ3) is 2.45. The fourth-order valence-corrected chi connectivity index (χ4v) is 2.27. The zero-order valence-corrected chi connectivity index (χ0v) is 10.6. The van der Waals surface area contributed by atoms with Gasteiger partial charge in [0, 0.05) is 5.56 Å². The molecule has 0 unspecified atom stereocenters. The molecule has 0 bridgehead atoms. The Bertz CT molecular complexity index is 593. The Balaban J connectivity index is 1.86. The number of nitrogens with one attached hydrogen (secondary N) is 1. The first kappa shape index (κ1) is 11.8. The average Bonchev–Trinajstić information content (AvgIpc) is 2.48. The first-order valence-electron chi connectivity index (χ1n) is 6.46. The molecular weight excluding hydrogens is 238 g/mol. The van der Waals surface area contributed by atoms with Crippen LogP contribution < -0.4 is 10.1 Å². The van der Waals surface area contributed by atoms with E-state index in [2.05, 4.69) is 5.32 Å². The molecule has 1 heterocycles. The molecule has 1 N–H and O–H groups in total.